The first-order valence-corrected chi connectivity index (χ1v) is 7.35. The van der Waals surface area contributed by atoms with E-state index in [0.29, 0.717) is 6.04 Å². The van der Waals surface area contributed by atoms with Crippen LogP contribution >= 0.6 is 0 Å². The average molecular weight is 279 g/mol. The van der Waals surface area contributed by atoms with Crippen LogP contribution in [0.4, 0.5) is 0 Å². The van der Waals surface area contributed by atoms with Gasteiger partial charge in [-0.1, -0.05) is 60.2 Å². The number of guanidine groups is 1. The topological polar surface area (TPSA) is 27.6 Å². The van der Waals surface area contributed by atoms with Crippen molar-refractivity contribution < 1.29 is 0 Å². The number of rotatable bonds is 3. The quantitative estimate of drug-likeness (QED) is 0.934. The fourth-order valence-electron chi connectivity index (χ4n) is 2.69. The molecule has 0 aliphatic carbocycles. The Bertz CT molecular complexity index is 634. The minimum absolute atomic E-state index is 0.293. The van der Waals surface area contributed by atoms with Crippen LogP contribution < -0.4 is 5.32 Å². The Labute approximate surface area is 126 Å². The Morgan fingerprint density at radius 3 is 2.71 bits per heavy atom. The third kappa shape index (κ3) is 3.24. The summed E-state index contributed by atoms with van der Waals surface area (Å²) in [6.45, 7) is 3.80. The average Bonchev–Trinajstić information content (AvgIpc) is 2.98. The standard InChI is InChI=1S/C18H21N3/c1-14-7-6-8-15(11-14)13-21(2)18-19-12-17(20-18)16-9-4-3-5-10-16/h3-11,17H,12-13H2,1-2H3,(H,19,20). The summed E-state index contributed by atoms with van der Waals surface area (Å²) in [4.78, 5) is 6.82. The lowest BCUT2D eigenvalue weighted by Gasteiger charge is -2.21. The van der Waals surface area contributed by atoms with E-state index in [1.807, 2.05) is 6.07 Å². The maximum Gasteiger partial charge on any atom is 0.194 e. The lowest BCUT2D eigenvalue weighted by molar-refractivity contribution is 0.480. The number of nitrogens with zero attached hydrogens (tertiary/aromatic N) is 2. The summed E-state index contributed by atoms with van der Waals surface area (Å²) >= 11 is 0. The van der Waals surface area contributed by atoms with Crippen LogP contribution in [0.5, 0.6) is 0 Å². The van der Waals surface area contributed by atoms with E-state index in [0.717, 1.165) is 19.0 Å². The first kappa shape index (κ1) is 13.7. The van der Waals surface area contributed by atoms with Gasteiger partial charge in [-0.25, -0.2) is 0 Å². The number of aliphatic imine (C=N–C) groups is 1. The van der Waals surface area contributed by atoms with Crippen molar-refractivity contribution in [3.8, 4) is 0 Å². The van der Waals surface area contributed by atoms with Crippen LogP contribution in [0.15, 0.2) is 59.6 Å². The zero-order chi connectivity index (χ0) is 14.7. The van der Waals surface area contributed by atoms with Gasteiger partial charge in [-0.2, -0.15) is 0 Å². The van der Waals surface area contributed by atoms with Crippen LogP contribution in [0.25, 0.3) is 0 Å². The summed E-state index contributed by atoms with van der Waals surface area (Å²) in [6, 6.07) is 19.4. The smallest absolute Gasteiger partial charge is 0.194 e. The summed E-state index contributed by atoms with van der Waals surface area (Å²) in [6.07, 6.45) is 0. The van der Waals surface area contributed by atoms with Crippen molar-refractivity contribution in [3.05, 3.63) is 71.3 Å². The molecule has 3 rings (SSSR count). The fraction of sp³-hybridized carbons (Fsp3) is 0.278. The van der Waals surface area contributed by atoms with Crippen LogP contribution in [-0.4, -0.2) is 24.5 Å². The predicted octanol–water partition coefficient (Wildman–Crippen LogP) is 3.13. The molecular formula is C18H21N3. The van der Waals surface area contributed by atoms with Crippen LogP contribution in [0.3, 0.4) is 0 Å². The van der Waals surface area contributed by atoms with Crippen molar-refractivity contribution in [1.29, 1.82) is 0 Å². The SMILES string of the molecule is Cc1cccc(CN(C)C2=NCC(c3ccccc3)N2)c1. The molecule has 3 nitrogen and oxygen atoms in total. The van der Waals surface area contributed by atoms with Crippen LogP contribution in [-0.2, 0) is 6.54 Å². The number of hydrogen-bond acceptors (Lipinski definition) is 3. The van der Waals surface area contributed by atoms with Gasteiger partial charge in [-0.3, -0.25) is 4.99 Å². The number of aryl methyl sites for hydroxylation is 1. The largest absolute Gasteiger partial charge is 0.348 e. The van der Waals surface area contributed by atoms with E-state index >= 15 is 0 Å². The molecule has 0 saturated carbocycles. The van der Waals surface area contributed by atoms with E-state index in [1.54, 1.807) is 0 Å². The first-order valence-electron chi connectivity index (χ1n) is 7.35. The normalized spacial score (nSPS) is 17.2. The molecule has 0 spiro atoms. The Hall–Kier alpha value is -2.29. The van der Waals surface area contributed by atoms with Gasteiger partial charge < -0.3 is 10.2 Å². The van der Waals surface area contributed by atoms with Gasteiger partial charge in [0, 0.05) is 13.6 Å². The van der Waals surface area contributed by atoms with Crippen LogP contribution in [0.1, 0.15) is 22.7 Å². The second-order valence-electron chi connectivity index (χ2n) is 5.62. The molecule has 1 heterocycles. The summed E-state index contributed by atoms with van der Waals surface area (Å²) < 4.78 is 0. The van der Waals surface area contributed by atoms with Crippen molar-refractivity contribution in [2.75, 3.05) is 13.6 Å². The zero-order valence-corrected chi connectivity index (χ0v) is 12.6. The summed E-state index contributed by atoms with van der Waals surface area (Å²) in [5.41, 5.74) is 3.90. The molecule has 0 fully saturated rings. The lowest BCUT2D eigenvalue weighted by Crippen LogP contribution is -2.36. The monoisotopic (exact) mass is 279 g/mol. The third-order valence-corrected chi connectivity index (χ3v) is 3.79. The Morgan fingerprint density at radius 1 is 1.14 bits per heavy atom. The highest BCUT2D eigenvalue weighted by atomic mass is 15.3. The van der Waals surface area contributed by atoms with Gasteiger partial charge in [0.1, 0.15) is 0 Å². The van der Waals surface area contributed by atoms with E-state index in [2.05, 4.69) is 77.7 Å². The van der Waals surface area contributed by atoms with Crippen LogP contribution in [0.2, 0.25) is 0 Å². The second kappa shape index (κ2) is 6.00. The highest BCUT2D eigenvalue weighted by Crippen LogP contribution is 2.18. The van der Waals surface area contributed by atoms with Crippen molar-refractivity contribution >= 4 is 5.96 Å². The number of hydrogen-bond donors (Lipinski definition) is 1. The van der Waals surface area contributed by atoms with Crippen molar-refractivity contribution in [1.82, 2.24) is 10.2 Å². The Kier molecular flexibility index (Phi) is 3.91. The molecule has 1 N–H and O–H groups in total. The Balaban J connectivity index is 1.63. The molecule has 108 valence electrons. The molecule has 1 atom stereocenters. The number of benzene rings is 2. The second-order valence-corrected chi connectivity index (χ2v) is 5.62. The molecule has 0 saturated heterocycles. The zero-order valence-electron chi connectivity index (χ0n) is 12.6. The first-order chi connectivity index (χ1) is 10.2. The van der Waals surface area contributed by atoms with Gasteiger partial charge in [0.2, 0.25) is 0 Å². The van der Waals surface area contributed by atoms with E-state index in [9.17, 15) is 0 Å². The highest BCUT2D eigenvalue weighted by Gasteiger charge is 2.21. The van der Waals surface area contributed by atoms with Gasteiger partial charge in [-0.05, 0) is 18.1 Å². The summed E-state index contributed by atoms with van der Waals surface area (Å²) in [5, 5.41) is 3.52. The molecule has 0 amide bonds. The lowest BCUT2D eigenvalue weighted by atomic mass is 10.1. The van der Waals surface area contributed by atoms with Crippen molar-refractivity contribution in [2.24, 2.45) is 4.99 Å². The van der Waals surface area contributed by atoms with E-state index in [1.165, 1.54) is 16.7 Å². The molecule has 1 aliphatic rings. The molecule has 2 aromatic carbocycles. The third-order valence-electron chi connectivity index (χ3n) is 3.79. The van der Waals surface area contributed by atoms with Crippen LogP contribution in [0, 0.1) is 6.92 Å². The molecule has 1 unspecified atom stereocenters. The molecule has 1 aliphatic heterocycles. The molecule has 21 heavy (non-hydrogen) atoms. The van der Waals surface area contributed by atoms with E-state index < -0.39 is 0 Å². The Morgan fingerprint density at radius 2 is 1.95 bits per heavy atom. The van der Waals surface area contributed by atoms with E-state index in [4.69, 9.17) is 0 Å². The fourth-order valence-corrected chi connectivity index (χ4v) is 2.69. The maximum atomic E-state index is 4.64. The molecule has 0 radical (unpaired) electrons. The minimum Gasteiger partial charge on any atom is -0.348 e. The number of nitrogens with one attached hydrogen (secondary N) is 1. The molecule has 0 bridgehead atoms. The molecule has 3 heteroatoms. The van der Waals surface area contributed by atoms with Gasteiger partial charge in [0.25, 0.3) is 0 Å². The molecular weight excluding hydrogens is 258 g/mol. The van der Waals surface area contributed by atoms with Crippen molar-refractivity contribution in [3.63, 3.8) is 0 Å². The van der Waals surface area contributed by atoms with Gasteiger partial charge in [0.15, 0.2) is 5.96 Å². The molecule has 2 aromatic rings. The van der Waals surface area contributed by atoms with E-state index in [-0.39, 0.29) is 0 Å². The summed E-state index contributed by atoms with van der Waals surface area (Å²) in [7, 11) is 2.08. The maximum absolute atomic E-state index is 4.64. The van der Waals surface area contributed by atoms with Crippen molar-refractivity contribution in [2.45, 2.75) is 19.5 Å². The predicted molar refractivity (Wildman–Crippen MR) is 87.3 cm³/mol. The summed E-state index contributed by atoms with van der Waals surface area (Å²) in [5.74, 6) is 0.977. The minimum atomic E-state index is 0.293. The van der Waals surface area contributed by atoms with Gasteiger partial charge in [0.05, 0.1) is 12.6 Å². The van der Waals surface area contributed by atoms with Gasteiger partial charge in [-0.15, -0.1) is 0 Å². The highest BCUT2D eigenvalue weighted by molar-refractivity contribution is 5.82. The van der Waals surface area contributed by atoms with Gasteiger partial charge >= 0.3 is 0 Å². The molecule has 0 aromatic heterocycles.